The maximum atomic E-state index is 12.1. The van der Waals surface area contributed by atoms with Gasteiger partial charge in [0.2, 0.25) is 0 Å². The first-order chi connectivity index (χ1) is 7.65. The third-order valence-corrected chi connectivity index (χ3v) is 3.13. The van der Waals surface area contributed by atoms with Gasteiger partial charge in [0.25, 0.3) is 5.91 Å². The van der Waals surface area contributed by atoms with E-state index in [4.69, 9.17) is 5.73 Å². The van der Waals surface area contributed by atoms with Crippen molar-refractivity contribution >= 4 is 11.6 Å². The lowest BCUT2D eigenvalue weighted by molar-refractivity contribution is -0.133. The molecule has 0 saturated carbocycles. The molecule has 1 rings (SSSR count). The Morgan fingerprint density at radius 2 is 2.19 bits per heavy atom. The normalized spacial score (nSPS) is 22.5. The number of hydrazone groups is 1. The molecule has 0 bridgehead atoms. The smallest absolute Gasteiger partial charge is 0.251 e. The van der Waals surface area contributed by atoms with E-state index in [0.29, 0.717) is 6.54 Å². The number of hydrogen-bond donors (Lipinski definition) is 1. The van der Waals surface area contributed by atoms with Crippen LogP contribution in [0.4, 0.5) is 0 Å². The van der Waals surface area contributed by atoms with Crippen molar-refractivity contribution in [2.24, 2.45) is 16.8 Å². The molecular weight excluding hydrogens is 202 g/mol. The number of nitrogens with two attached hydrogens (primary N) is 1. The average Bonchev–Trinajstić information content (AvgIpc) is 2.58. The second-order valence-corrected chi connectivity index (χ2v) is 4.41. The van der Waals surface area contributed by atoms with Crippen molar-refractivity contribution < 1.29 is 4.79 Å². The average molecular weight is 225 g/mol. The number of hydrogen-bond acceptors (Lipinski definition) is 3. The van der Waals surface area contributed by atoms with Gasteiger partial charge in [-0.1, -0.05) is 20.3 Å². The predicted molar refractivity (Wildman–Crippen MR) is 66.1 cm³/mol. The molecule has 2 atom stereocenters. The Bertz CT molecular complexity index is 275. The SMILES string of the molecule is CCCC1=NN(C(C)CC)C(=O)C1CCN. The molecule has 0 radical (unpaired) electrons. The summed E-state index contributed by atoms with van der Waals surface area (Å²) in [5.41, 5.74) is 6.58. The molecule has 0 fully saturated rings. The monoisotopic (exact) mass is 225 g/mol. The molecule has 1 aliphatic heterocycles. The van der Waals surface area contributed by atoms with E-state index in [-0.39, 0.29) is 17.9 Å². The maximum Gasteiger partial charge on any atom is 0.251 e. The molecule has 0 aromatic heterocycles. The highest BCUT2D eigenvalue weighted by Crippen LogP contribution is 2.24. The van der Waals surface area contributed by atoms with Gasteiger partial charge < -0.3 is 5.73 Å². The van der Waals surface area contributed by atoms with Crippen LogP contribution in [0.3, 0.4) is 0 Å². The summed E-state index contributed by atoms with van der Waals surface area (Å²) in [5, 5.41) is 6.13. The lowest BCUT2D eigenvalue weighted by Gasteiger charge is -2.20. The molecule has 4 nitrogen and oxygen atoms in total. The summed E-state index contributed by atoms with van der Waals surface area (Å²) in [6.07, 6.45) is 3.60. The Labute approximate surface area is 97.9 Å². The molecule has 2 unspecified atom stereocenters. The summed E-state index contributed by atoms with van der Waals surface area (Å²) in [6, 6.07) is 0.196. The summed E-state index contributed by atoms with van der Waals surface area (Å²) in [6.45, 7) is 6.77. The molecule has 0 saturated heterocycles. The Hall–Kier alpha value is -0.900. The van der Waals surface area contributed by atoms with E-state index in [9.17, 15) is 4.79 Å². The first-order valence-electron chi connectivity index (χ1n) is 6.26. The van der Waals surface area contributed by atoms with Crippen LogP contribution in [0.15, 0.2) is 5.10 Å². The van der Waals surface area contributed by atoms with E-state index >= 15 is 0 Å². The van der Waals surface area contributed by atoms with Crippen molar-refractivity contribution in [1.29, 1.82) is 0 Å². The number of carbonyl (C=O) groups is 1. The second kappa shape index (κ2) is 5.99. The summed E-state index contributed by atoms with van der Waals surface area (Å²) >= 11 is 0. The summed E-state index contributed by atoms with van der Waals surface area (Å²) in [4.78, 5) is 12.1. The minimum atomic E-state index is -0.0565. The fraction of sp³-hybridized carbons (Fsp3) is 0.833. The summed E-state index contributed by atoms with van der Waals surface area (Å²) < 4.78 is 0. The van der Waals surface area contributed by atoms with Gasteiger partial charge in [0.1, 0.15) is 0 Å². The van der Waals surface area contributed by atoms with Crippen molar-refractivity contribution in [2.75, 3.05) is 6.54 Å². The highest BCUT2D eigenvalue weighted by molar-refractivity contribution is 6.08. The number of rotatable bonds is 6. The Balaban J connectivity index is 2.80. The zero-order chi connectivity index (χ0) is 12.1. The molecule has 0 spiro atoms. The number of nitrogens with zero attached hydrogens (tertiary/aromatic N) is 2. The van der Waals surface area contributed by atoms with Gasteiger partial charge in [-0.2, -0.15) is 5.10 Å². The minimum Gasteiger partial charge on any atom is -0.330 e. The number of amides is 1. The third kappa shape index (κ3) is 2.61. The van der Waals surface area contributed by atoms with Crippen molar-refractivity contribution in [3.05, 3.63) is 0 Å². The molecule has 4 heteroatoms. The van der Waals surface area contributed by atoms with Crippen LogP contribution in [-0.4, -0.2) is 29.2 Å². The van der Waals surface area contributed by atoms with E-state index in [0.717, 1.165) is 31.4 Å². The molecular formula is C12H23N3O. The van der Waals surface area contributed by atoms with Crippen LogP contribution >= 0.6 is 0 Å². The van der Waals surface area contributed by atoms with E-state index in [1.165, 1.54) is 0 Å². The number of carbonyl (C=O) groups excluding carboxylic acids is 1. The van der Waals surface area contributed by atoms with Crippen LogP contribution in [0.5, 0.6) is 0 Å². The largest absolute Gasteiger partial charge is 0.330 e. The van der Waals surface area contributed by atoms with Crippen LogP contribution in [0.1, 0.15) is 46.5 Å². The zero-order valence-corrected chi connectivity index (χ0v) is 10.6. The van der Waals surface area contributed by atoms with Crippen molar-refractivity contribution in [3.63, 3.8) is 0 Å². The van der Waals surface area contributed by atoms with E-state index in [2.05, 4.69) is 18.9 Å². The first-order valence-corrected chi connectivity index (χ1v) is 6.26. The van der Waals surface area contributed by atoms with Gasteiger partial charge in [-0.15, -0.1) is 0 Å². The Morgan fingerprint density at radius 3 is 2.69 bits per heavy atom. The molecule has 0 aromatic carbocycles. The van der Waals surface area contributed by atoms with Gasteiger partial charge in [-0.3, -0.25) is 4.79 Å². The molecule has 1 heterocycles. The van der Waals surface area contributed by atoms with Crippen LogP contribution < -0.4 is 5.73 Å². The first kappa shape index (κ1) is 13.2. The van der Waals surface area contributed by atoms with Gasteiger partial charge in [0.15, 0.2) is 0 Å². The lowest BCUT2D eigenvalue weighted by atomic mass is 9.96. The standard InChI is InChI=1S/C12H23N3O/c1-4-6-11-10(7-8-13)12(16)15(14-11)9(3)5-2/h9-10H,4-8,13H2,1-3H3. The fourth-order valence-electron chi connectivity index (χ4n) is 1.99. The van der Waals surface area contributed by atoms with Gasteiger partial charge >= 0.3 is 0 Å². The minimum absolute atomic E-state index is 0.0565. The predicted octanol–water partition coefficient (Wildman–Crippen LogP) is 1.75. The van der Waals surface area contributed by atoms with Crippen molar-refractivity contribution in [1.82, 2.24) is 5.01 Å². The van der Waals surface area contributed by atoms with Gasteiger partial charge in [-0.25, -0.2) is 5.01 Å². The van der Waals surface area contributed by atoms with E-state index in [1.54, 1.807) is 5.01 Å². The topological polar surface area (TPSA) is 58.7 Å². The highest BCUT2D eigenvalue weighted by atomic mass is 16.2. The Morgan fingerprint density at radius 1 is 1.50 bits per heavy atom. The second-order valence-electron chi connectivity index (χ2n) is 4.41. The lowest BCUT2D eigenvalue weighted by Crippen LogP contribution is -2.34. The maximum absolute atomic E-state index is 12.1. The molecule has 1 aliphatic rings. The molecule has 0 aliphatic carbocycles. The van der Waals surface area contributed by atoms with Crippen LogP contribution in [0.2, 0.25) is 0 Å². The van der Waals surface area contributed by atoms with Crippen LogP contribution in [-0.2, 0) is 4.79 Å². The molecule has 2 N–H and O–H groups in total. The summed E-state index contributed by atoms with van der Waals surface area (Å²) in [5.74, 6) is 0.0854. The van der Waals surface area contributed by atoms with E-state index < -0.39 is 0 Å². The Kier molecular flexibility index (Phi) is 4.93. The van der Waals surface area contributed by atoms with Crippen LogP contribution in [0.25, 0.3) is 0 Å². The van der Waals surface area contributed by atoms with Gasteiger partial charge in [0, 0.05) is 0 Å². The molecule has 1 amide bonds. The van der Waals surface area contributed by atoms with Crippen molar-refractivity contribution in [2.45, 2.75) is 52.5 Å². The van der Waals surface area contributed by atoms with Crippen molar-refractivity contribution in [3.8, 4) is 0 Å². The molecule has 16 heavy (non-hydrogen) atoms. The third-order valence-electron chi connectivity index (χ3n) is 3.13. The van der Waals surface area contributed by atoms with Gasteiger partial charge in [-0.05, 0) is 32.7 Å². The molecule has 0 aromatic rings. The van der Waals surface area contributed by atoms with E-state index in [1.807, 2.05) is 6.92 Å². The fourth-order valence-corrected chi connectivity index (χ4v) is 1.99. The molecule has 92 valence electrons. The van der Waals surface area contributed by atoms with Gasteiger partial charge in [0.05, 0.1) is 17.7 Å². The summed E-state index contributed by atoms with van der Waals surface area (Å²) in [7, 11) is 0. The quantitative estimate of drug-likeness (QED) is 0.748. The zero-order valence-electron chi connectivity index (χ0n) is 10.6. The van der Waals surface area contributed by atoms with Crippen LogP contribution in [0, 0.1) is 5.92 Å². The highest BCUT2D eigenvalue weighted by Gasteiger charge is 2.36.